The molecular formula is C24H23N5OS. The topological polar surface area (TPSA) is 69.1 Å². The fourth-order valence-electron chi connectivity index (χ4n) is 3.65. The Hall–Kier alpha value is -3.19. The number of oxazole rings is 1. The lowest BCUT2D eigenvalue weighted by molar-refractivity contribution is 0.540. The zero-order valence-corrected chi connectivity index (χ0v) is 18.8. The Bertz CT molecular complexity index is 1400. The van der Waals surface area contributed by atoms with Crippen LogP contribution in [0, 0.1) is 13.8 Å². The third-order valence-corrected chi connectivity index (χ3v) is 6.21. The summed E-state index contributed by atoms with van der Waals surface area (Å²) >= 11 is 1.61. The average Bonchev–Trinajstić information content (AvgIpc) is 3.36. The summed E-state index contributed by atoms with van der Waals surface area (Å²) in [5.41, 5.74) is 5.82. The standard InChI is InChI=1S/C24H23N5OS/c1-14(2)21-27-28-22-24(26-18-10-5-6-11-20(18)29(21)22)31-13-19-16(4)30-23(25-19)17-9-7-8-15(3)12-17/h5-12,14H,13H2,1-4H3. The largest absolute Gasteiger partial charge is 0.441 e. The van der Waals surface area contributed by atoms with E-state index < -0.39 is 0 Å². The molecule has 3 aromatic heterocycles. The van der Waals surface area contributed by atoms with Crippen LogP contribution in [0.1, 0.15) is 42.6 Å². The molecule has 0 spiro atoms. The third kappa shape index (κ3) is 3.59. The van der Waals surface area contributed by atoms with Crippen molar-refractivity contribution in [2.24, 2.45) is 0 Å². The third-order valence-electron chi connectivity index (χ3n) is 5.24. The number of hydrogen-bond acceptors (Lipinski definition) is 6. The van der Waals surface area contributed by atoms with Crippen LogP contribution >= 0.6 is 11.8 Å². The molecular weight excluding hydrogens is 406 g/mol. The quantitative estimate of drug-likeness (QED) is 0.321. The van der Waals surface area contributed by atoms with Crippen molar-refractivity contribution in [3.05, 3.63) is 71.4 Å². The van der Waals surface area contributed by atoms with E-state index in [2.05, 4.69) is 53.6 Å². The van der Waals surface area contributed by atoms with Gasteiger partial charge in [0, 0.05) is 17.2 Å². The Kier molecular flexibility index (Phi) is 4.98. The number of nitrogens with zero attached hydrogens (tertiary/aromatic N) is 5. The highest BCUT2D eigenvalue weighted by molar-refractivity contribution is 7.98. The van der Waals surface area contributed by atoms with Crippen LogP contribution in [0.15, 0.2) is 58.0 Å². The number of rotatable bonds is 5. The van der Waals surface area contributed by atoms with E-state index in [0.29, 0.717) is 11.6 Å². The van der Waals surface area contributed by atoms with Gasteiger partial charge in [-0.05, 0) is 38.1 Å². The molecule has 0 aliphatic carbocycles. The van der Waals surface area contributed by atoms with Crippen molar-refractivity contribution in [3.8, 4) is 11.5 Å². The minimum absolute atomic E-state index is 0.258. The van der Waals surface area contributed by atoms with Crippen LogP contribution in [0.4, 0.5) is 0 Å². The maximum absolute atomic E-state index is 5.96. The summed E-state index contributed by atoms with van der Waals surface area (Å²) in [5.74, 6) is 3.32. The molecule has 0 radical (unpaired) electrons. The van der Waals surface area contributed by atoms with Crippen LogP contribution in [0.5, 0.6) is 0 Å². The molecule has 3 heterocycles. The first-order chi connectivity index (χ1) is 15.0. The second-order valence-electron chi connectivity index (χ2n) is 7.96. The van der Waals surface area contributed by atoms with Gasteiger partial charge in [-0.15, -0.1) is 10.2 Å². The van der Waals surface area contributed by atoms with Crippen molar-refractivity contribution in [3.63, 3.8) is 0 Å². The number of fused-ring (bicyclic) bond motifs is 3. The van der Waals surface area contributed by atoms with Crippen LogP contribution in [0.25, 0.3) is 28.1 Å². The SMILES string of the molecule is Cc1cccc(-c2nc(CSc3nc4ccccc4n4c(C(C)C)nnc34)c(C)o2)c1. The van der Waals surface area contributed by atoms with Crippen molar-refractivity contribution in [1.29, 1.82) is 0 Å². The lowest BCUT2D eigenvalue weighted by Gasteiger charge is -2.09. The molecule has 0 saturated heterocycles. The first kappa shape index (κ1) is 19.8. The molecule has 5 aromatic rings. The monoisotopic (exact) mass is 429 g/mol. The molecule has 31 heavy (non-hydrogen) atoms. The summed E-state index contributed by atoms with van der Waals surface area (Å²) in [5, 5.41) is 9.77. The van der Waals surface area contributed by atoms with Gasteiger partial charge in [-0.1, -0.05) is 55.4 Å². The second-order valence-corrected chi connectivity index (χ2v) is 8.92. The first-order valence-electron chi connectivity index (χ1n) is 10.3. The summed E-state index contributed by atoms with van der Waals surface area (Å²) < 4.78 is 8.09. The minimum atomic E-state index is 0.258. The van der Waals surface area contributed by atoms with Gasteiger partial charge in [-0.3, -0.25) is 4.40 Å². The molecule has 5 rings (SSSR count). The molecule has 0 unspecified atom stereocenters. The van der Waals surface area contributed by atoms with Gasteiger partial charge in [0.2, 0.25) is 5.89 Å². The Morgan fingerprint density at radius 3 is 2.65 bits per heavy atom. The predicted octanol–water partition coefficient (Wildman–Crippen LogP) is 5.97. The van der Waals surface area contributed by atoms with Crippen LogP contribution in [0.3, 0.4) is 0 Å². The zero-order chi connectivity index (χ0) is 21.5. The smallest absolute Gasteiger partial charge is 0.226 e. The molecule has 156 valence electrons. The number of aryl methyl sites for hydroxylation is 2. The van der Waals surface area contributed by atoms with E-state index >= 15 is 0 Å². The molecule has 2 aromatic carbocycles. The van der Waals surface area contributed by atoms with Crippen molar-refractivity contribution in [2.45, 2.75) is 44.4 Å². The Morgan fingerprint density at radius 1 is 1.00 bits per heavy atom. The van der Waals surface area contributed by atoms with Crippen molar-refractivity contribution >= 4 is 28.4 Å². The summed E-state index contributed by atoms with van der Waals surface area (Å²) in [4.78, 5) is 9.63. The Morgan fingerprint density at radius 2 is 1.84 bits per heavy atom. The number of thioether (sulfide) groups is 1. The van der Waals surface area contributed by atoms with E-state index in [1.807, 2.05) is 37.3 Å². The molecule has 0 amide bonds. The van der Waals surface area contributed by atoms with E-state index in [0.717, 1.165) is 44.5 Å². The van der Waals surface area contributed by atoms with Gasteiger partial charge in [0.1, 0.15) is 16.6 Å². The lowest BCUT2D eigenvalue weighted by atomic mass is 10.1. The lowest BCUT2D eigenvalue weighted by Crippen LogP contribution is -2.01. The van der Waals surface area contributed by atoms with E-state index in [1.54, 1.807) is 11.8 Å². The van der Waals surface area contributed by atoms with Crippen LogP contribution in [-0.2, 0) is 5.75 Å². The van der Waals surface area contributed by atoms with Gasteiger partial charge in [0.05, 0.1) is 16.7 Å². The molecule has 0 N–H and O–H groups in total. The van der Waals surface area contributed by atoms with Gasteiger partial charge < -0.3 is 4.42 Å². The fourth-order valence-corrected chi connectivity index (χ4v) is 4.62. The maximum atomic E-state index is 5.96. The van der Waals surface area contributed by atoms with Crippen LogP contribution < -0.4 is 0 Å². The number of hydrogen-bond donors (Lipinski definition) is 0. The summed E-state index contributed by atoms with van der Waals surface area (Å²) in [6.07, 6.45) is 0. The summed E-state index contributed by atoms with van der Waals surface area (Å²) in [7, 11) is 0. The van der Waals surface area contributed by atoms with E-state index in [9.17, 15) is 0 Å². The van der Waals surface area contributed by atoms with Gasteiger partial charge in [0.15, 0.2) is 5.65 Å². The fraction of sp³-hybridized carbons (Fsp3) is 0.250. The van der Waals surface area contributed by atoms with Crippen molar-refractivity contribution in [1.82, 2.24) is 24.6 Å². The van der Waals surface area contributed by atoms with Gasteiger partial charge in [0.25, 0.3) is 0 Å². The van der Waals surface area contributed by atoms with Crippen molar-refractivity contribution < 1.29 is 4.42 Å². The average molecular weight is 430 g/mol. The summed E-state index contributed by atoms with van der Waals surface area (Å²) in [6.45, 7) is 8.28. The number of aromatic nitrogens is 5. The van der Waals surface area contributed by atoms with Gasteiger partial charge >= 0.3 is 0 Å². The van der Waals surface area contributed by atoms with Crippen LogP contribution in [-0.4, -0.2) is 24.6 Å². The Labute approximate surface area is 184 Å². The molecule has 0 aliphatic rings. The second kappa shape index (κ2) is 7.81. The molecule has 0 atom stereocenters. The molecule has 0 saturated carbocycles. The van der Waals surface area contributed by atoms with E-state index in [4.69, 9.17) is 14.4 Å². The van der Waals surface area contributed by atoms with E-state index in [1.165, 1.54) is 5.56 Å². The van der Waals surface area contributed by atoms with Gasteiger partial charge in [-0.25, -0.2) is 9.97 Å². The number of benzene rings is 2. The normalized spacial score (nSPS) is 11.8. The molecule has 6 nitrogen and oxygen atoms in total. The molecule has 0 bridgehead atoms. The minimum Gasteiger partial charge on any atom is -0.441 e. The Balaban J connectivity index is 1.51. The summed E-state index contributed by atoms with van der Waals surface area (Å²) in [6, 6.07) is 16.3. The highest BCUT2D eigenvalue weighted by Gasteiger charge is 2.19. The van der Waals surface area contributed by atoms with Crippen LogP contribution in [0.2, 0.25) is 0 Å². The highest BCUT2D eigenvalue weighted by Crippen LogP contribution is 2.31. The van der Waals surface area contributed by atoms with Gasteiger partial charge in [-0.2, -0.15) is 0 Å². The van der Waals surface area contributed by atoms with E-state index in [-0.39, 0.29) is 5.92 Å². The molecule has 7 heteroatoms. The molecule has 0 aliphatic heterocycles. The van der Waals surface area contributed by atoms with Crippen molar-refractivity contribution in [2.75, 3.05) is 0 Å². The zero-order valence-electron chi connectivity index (χ0n) is 18.0. The molecule has 0 fully saturated rings. The first-order valence-corrected chi connectivity index (χ1v) is 11.3. The maximum Gasteiger partial charge on any atom is 0.226 e. The predicted molar refractivity (Wildman–Crippen MR) is 123 cm³/mol. The number of para-hydroxylation sites is 2. The highest BCUT2D eigenvalue weighted by atomic mass is 32.2.